The maximum atomic E-state index is 12.7. The minimum Gasteiger partial charge on any atom is -0.496 e. The third-order valence-electron chi connectivity index (χ3n) is 4.13. The molecule has 2 amide bonds. The van der Waals surface area contributed by atoms with Crippen molar-refractivity contribution >= 4 is 23.2 Å². The van der Waals surface area contributed by atoms with Crippen molar-refractivity contribution in [2.45, 2.75) is 0 Å². The van der Waals surface area contributed by atoms with E-state index >= 15 is 0 Å². The number of carbonyl (C=O) groups is 2. The molecule has 0 spiro atoms. The first-order chi connectivity index (χ1) is 13.6. The van der Waals surface area contributed by atoms with Crippen LogP contribution in [0.1, 0.15) is 20.7 Å². The number of hydrogen-bond donors (Lipinski definition) is 2. The molecule has 0 aliphatic heterocycles. The van der Waals surface area contributed by atoms with Crippen LogP contribution in [0.25, 0.3) is 0 Å². The van der Waals surface area contributed by atoms with Gasteiger partial charge in [0.2, 0.25) is 0 Å². The zero-order valence-corrected chi connectivity index (χ0v) is 15.6. The highest BCUT2D eigenvalue weighted by Gasteiger charge is 2.16. The van der Waals surface area contributed by atoms with Gasteiger partial charge in [-0.2, -0.15) is 0 Å². The summed E-state index contributed by atoms with van der Waals surface area (Å²) in [6.45, 7) is 0. The van der Waals surface area contributed by atoms with Crippen molar-refractivity contribution in [2.24, 2.45) is 0 Å². The maximum Gasteiger partial charge on any atom is 0.259 e. The van der Waals surface area contributed by atoms with Gasteiger partial charge in [-0.25, -0.2) is 0 Å². The molecule has 0 saturated carbocycles. The molecular weight excluding hydrogens is 356 g/mol. The number of nitrogens with one attached hydrogen (secondary N) is 2. The monoisotopic (exact) mass is 376 g/mol. The Kier molecular flexibility index (Phi) is 5.91. The molecule has 2 N–H and O–H groups in total. The van der Waals surface area contributed by atoms with Crippen molar-refractivity contribution in [3.05, 3.63) is 83.9 Å². The fraction of sp³-hybridized carbons (Fsp3) is 0.0909. The van der Waals surface area contributed by atoms with Gasteiger partial charge in [0.25, 0.3) is 11.8 Å². The summed E-state index contributed by atoms with van der Waals surface area (Å²) < 4.78 is 10.5. The second-order valence-corrected chi connectivity index (χ2v) is 5.85. The molecular formula is C22H20N2O4. The third kappa shape index (κ3) is 4.12. The molecule has 0 radical (unpaired) electrons. The lowest BCUT2D eigenvalue weighted by molar-refractivity contribution is 0.101. The first-order valence-corrected chi connectivity index (χ1v) is 8.62. The van der Waals surface area contributed by atoms with E-state index in [0.29, 0.717) is 34.0 Å². The second-order valence-electron chi connectivity index (χ2n) is 5.85. The number of ether oxygens (including phenoxy) is 2. The summed E-state index contributed by atoms with van der Waals surface area (Å²) in [5, 5.41) is 5.64. The van der Waals surface area contributed by atoms with Crippen molar-refractivity contribution in [1.82, 2.24) is 0 Å². The molecule has 0 aromatic heterocycles. The van der Waals surface area contributed by atoms with Crippen LogP contribution in [-0.4, -0.2) is 26.0 Å². The number of anilines is 2. The Labute approximate surface area is 163 Å². The Morgan fingerprint density at radius 3 is 1.36 bits per heavy atom. The minimum absolute atomic E-state index is 0.337. The van der Waals surface area contributed by atoms with Gasteiger partial charge in [0, 0.05) is 0 Å². The molecule has 0 saturated heterocycles. The summed E-state index contributed by atoms with van der Waals surface area (Å²) in [5.74, 6) is 0.263. The average molecular weight is 376 g/mol. The molecule has 3 aromatic carbocycles. The molecule has 0 unspecified atom stereocenters. The minimum atomic E-state index is -0.337. The summed E-state index contributed by atoms with van der Waals surface area (Å²) in [4.78, 5) is 25.4. The molecule has 3 aromatic rings. The maximum absolute atomic E-state index is 12.7. The van der Waals surface area contributed by atoms with E-state index in [1.807, 2.05) is 0 Å². The predicted octanol–water partition coefficient (Wildman–Crippen LogP) is 4.21. The molecule has 0 atom stereocenters. The van der Waals surface area contributed by atoms with E-state index in [9.17, 15) is 9.59 Å². The Balaban J connectivity index is 1.83. The molecule has 0 heterocycles. The van der Waals surface area contributed by atoms with E-state index in [0.717, 1.165) is 0 Å². The average Bonchev–Trinajstić information content (AvgIpc) is 2.74. The van der Waals surface area contributed by atoms with Gasteiger partial charge < -0.3 is 20.1 Å². The summed E-state index contributed by atoms with van der Waals surface area (Å²) in [5.41, 5.74) is 1.75. The van der Waals surface area contributed by atoms with Crippen molar-refractivity contribution in [2.75, 3.05) is 24.9 Å². The van der Waals surface area contributed by atoms with E-state index < -0.39 is 0 Å². The molecule has 28 heavy (non-hydrogen) atoms. The van der Waals surface area contributed by atoms with Crippen molar-refractivity contribution in [3.8, 4) is 11.5 Å². The lowest BCUT2D eigenvalue weighted by atomic mass is 10.1. The van der Waals surface area contributed by atoms with Crippen LogP contribution in [0.4, 0.5) is 11.4 Å². The Bertz CT molecular complexity index is 921. The summed E-state index contributed by atoms with van der Waals surface area (Å²) in [6, 6.07) is 20.8. The largest absolute Gasteiger partial charge is 0.496 e. The van der Waals surface area contributed by atoms with E-state index in [-0.39, 0.29) is 11.8 Å². The zero-order chi connectivity index (χ0) is 19.9. The molecule has 142 valence electrons. The smallest absolute Gasteiger partial charge is 0.259 e. The Morgan fingerprint density at radius 1 is 0.607 bits per heavy atom. The third-order valence-corrected chi connectivity index (χ3v) is 4.13. The van der Waals surface area contributed by atoms with Crippen LogP contribution in [0.2, 0.25) is 0 Å². The van der Waals surface area contributed by atoms with Gasteiger partial charge in [0.1, 0.15) is 11.5 Å². The quantitative estimate of drug-likeness (QED) is 0.676. The van der Waals surface area contributed by atoms with Gasteiger partial charge in [0.05, 0.1) is 36.7 Å². The topological polar surface area (TPSA) is 76.7 Å². The van der Waals surface area contributed by atoms with E-state index in [4.69, 9.17) is 9.47 Å². The van der Waals surface area contributed by atoms with Crippen molar-refractivity contribution in [3.63, 3.8) is 0 Å². The fourth-order valence-corrected chi connectivity index (χ4v) is 2.74. The van der Waals surface area contributed by atoms with Crippen LogP contribution in [-0.2, 0) is 0 Å². The summed E-state index contributed by atoms with van der Waals surface area (Å²) in [7, 11) is 3.01. The van der Waals surface area contributed by atoms with Crippen molar-refractivity contribution in [1.29, 1.82) is 0 Å². The zero-order valence-electron chi connectivity index (χ0n) is 15.6. The molecule has 0 bridgehead atoms. The Hall–Kier alpha value is -3.80. The number of amides is 2. The number of carbonyl (C=O) groups excluding carboxylic acids is 2. The van der Waals surface area contributed by atoms with Crippen LogP contribution in [0.15, 0.2) is 72.8 Å². The van der Waals surface area contributed by atoms with Gasteiger partial charge in [-0.15, -0.1) is 0 Å². The number of methoxy groups -OCH3 is 2. The first kappa shape index (κ1) is 19.0. The molecule has 3 rings (SSSR count). The number of hydrogen-bond acceptors (Lipinski definition) is 4. The normalized spacial score (nSPS) is 10.1. The highest BCUT2D eigenvalue weighted by atomic mass is 16.5. The first-order valence-electron chi connectivity index (χ1n) is 8.62. The van der Waals surface area contributed by atoms with Crippen molar-refractivity contribution < 1.29 is 19.1 Å². The summed E-state index contributed by atoms with van der Waals surface area (Å²) >= 11 is 0. The number of benzene rings is 3. The highest BCUT2D eigenvalue weighted by molar-refractivity contribution is 6.11. The fourth-order valence-electron chi connectivity index (χ4n) is 2.74. The number of rotatable bonds is 6. The van der Waals surface area contributed by atoms with E-state index in [1.54, 1.807) is 72.8 Å². The van der Waals surface area contributed by atoms with Gasteiger partial charge >= 0.3 is 0 Å². The van der Waals surface area contributed by atoms with Crippen LogP contribution >= 0.6 is 0 Å². The second kappa shape index (κ2) is 8.73. The van der Waals surface area contributed by atoms with Crippen LogP contribution in [0.3, 0.4) is 0 Å². The lowest BCUT2D eigenvalue weighted by Gasteiger charge is -2.14. The molecule has 0 aliphatic rings. The van der Waals surface area contributed by atoms with Crippen LogP contribution < -0.4 is 20.1 Å². The predicted molar refractivity (Wildman–Crippen MR) is 108 cm³/mol. The van der Waals surface area contributed by atoms with E-state index in [1.165, 1.54) is 14.2 Å². The van der Waals surface area contributed by atoms with Gasteiger partial charge in [-0.3, -0.25) is 9.59 Å². The van der Waals surface area contributed by atoms with Gasteiger partial charge in [-0.1, -0.05) is 36.4 Å². The standard InChI is InChI=1S/C22H20N2O4/c1-27-19-13-7-3-9-15(19)21(25)23-17-11-5-6-12-18(17)24-22(26)16-10-4-8-14-20(16)28-2/h3-14H,1-2H3,(H,23,25)(H,24,26). The molecule has 0 fully saturated rings. The SMILES string of the molecule is COc1ccccc1C(=O)Nc1ccccc1NC(=O)c1ccccc1OC. The Morgan fingerprint density at radius 2 is 0.964 bits per heavy atom. The molecule has 6 heteroatoms. The van der Waals surface area contributed by atoms with Gasteiger partial charge in [0.15, 0.2) is 0 Å². The van der Waals surface area contributed by atoms with Gasteiger partial charge in [-0.05, 0) is 36.4 Å². The van der Waals surface area contributed by atoms with E-state index in [2.05, 4.69) is 10.6 Å². The molecule has 0 aliphatic carbocycles. The van der Waals surface area contributed by atoms with Crippen LogP contribution in [0.5, 0.6) is 11.5 Å². The number of para-hydroxylation sites is 4. The highest BCUT2D eigenvalue weighted by Crippen LogP contribution is 2.26. The lowest BCUT2D eigenvalue weighted by Crippen LogP contribution is -2.17. The molecule has 6 nitrogen and oxygen atoms in total. The van der Waals surface area contributed by atoms with Crippen LogP contribution in [0, 0.1) is 0 Å². The summed E-state index contributed by atoms with van der Waals surface area (Å²) in [6.07, 6.45) is 0.